The Bertz CT molecular complexity index is 181. The molecule has 0 aliphatic carbocycles. The van der Waals surface area contributed by atoms with Gasteiger partial charge in [0.05, 0.1) is 6.10 Å². The summed E-state index contributed by atoms with van der Waals surface area (Å²) >= 11 is 0. The van der Waals surface area contributed by atoms with Crippen LogP contribution in [-0.2, 0) is 9.47 Å². The van der Waals surface area contributed by atoms with Gasteiger partial charge in [-0.05, 0) is 25.8 Å². The molecule has 0 saturated carbocycles. The molecule has 0 radical (unpaired) electrons. The molecule has 1 fully saturated rings. The maximum Gasteiger partial charge on any atom is 0.411 e. The molecule has 1 heterocycles. The third-order valence-electron chi connectivity index (χ3n) is 2.30. The second-order valence-electron chi connectivity index (χ2n) is 3.86. The first-order valence-electron chi connectivity index (χ1n) is 5.55. The van der Waals surface area contributed by atoms with Crippen molar-refractivity contribution in [3.05, 3.63) is 0 Å². The molecule has 0 aromatic heterocycles. The summed E-state index contributed by atoms with van der Waals surface area (Å²) in [6, 6.07) is 0. The van der Waals surface area contributed by atoms with Crippen LogP contribution in [0, 0.1) is 0 Å². The lowest BCUT2D eigenvalue weighted by Gasteiger charge is -2.11. The van der Waals surface area contributed by atoms with Gasteiger partial charge in [0.15, 0.2) is 0 Å². The summed E-state index contributed by atoms with van der Waals surface area (Å²) in [6.07, 6.45) is -1.19. The van der Waals surface area contributed by atoms with Crippen molar-refractivity contribution < 1.29 is 22.6 Å². The Morgan fingerprint density at radius 2 is 2.19 bits per heavy atom. The van der Waals surface area contributed by atoms with Crippen LogP contribution in [-0.4, -0.2) is 45.2 Å². The molecular weight excluding hydrogens is 223 g/mol. The zero-order valence-electron chi connectivity index (χ0n) is 9.18. The molecule has 0 aromatic carbocycles. The van der Waals surface area contributed by atoms with Crippen LogP contribution in [0.25, 0.3) is 0 Å². The lowest BCUT2D eigenvalue weighted by molar-refractivity contribution is -0.173. The van der Waals surface area contributed by atoms with Crippen molar-refractivity contribution >= 4 is 0 Å². The molecule has 1 unspecified atom stereocenters. The topological polar surface area (TPSA) is 30.5 Å². The molecule has 1 atom stereocenters. The maximum atomic E-state index is 11.7. The zero-order chi connectivity index (χ0) is 11.9. The predicted octanol–water partition coefficient (Wildman–Crippen LogP) is 1.72. The van der Waals surface area contributed by atoms with E-state index in [1.54, 1.807) is 0 Å². The van der Waals surface area contributed by atoms with Crippen LogP contribution >= 0.6 is 0 Å². The first-order valence-corrected chi connectivity index (χ1v) is 5.55. The highest BCUT2D eigenvalue weighted by Gasteiger charge is 2.27. The standard InChI is InChI=1S/C10H18F3NO2/c11-10(12,13)8-15-5-2-4-14-7-9-3-1-6-16-9/h9,14H,1-8H2. The molecule has 1 N–H and O–H groups in total. The largest absolute Gasteiger partial charge is 0.411 e. The summed E-state index contributed by atoms with van der Waals surface area (Å²) in [6.45, 7) is 1.24. The van der Waals surface area contributed by atoms with Crippen molar-refractivity contribution in [2.24, 2.45) is 0 Å². The Morgan fingerprint density at radius 1 is 1.38 bits per heavy atom. The monoisotopic (exact) mass is 241 g/mol. The SMILES string of the molecule is FC(F)(F)COCCCNCC1CCCO1. The average molecular weight is 241 g/mol. The summed E-state index contributed by atoms with van der Waals surface area (Å²) in [5, 5.41) is 3.14. The first kappa shape index (κ1) is 13.7. The molecule has 3 nitrogen and oxygen atoms in total. The highest BCUT2D eigenvalue weighted by molar-refractivity contribution is 4.67. The van der Waals surface area contributed by atoms with Crippen LogP contribution in [0.15, 0.2) is 0 Å². The molecule has 96 valence electrons. The van der Waals surface area contributed by atoms with Crippen molar-refractivity contribution in [2.45, 2.75) is 31.5 Å². The van der Waals surface area contributed by atoms with Gasteiger partial charge in [-0.15, -0.1) is 0 Å². The Kier molecular flexibility index (Phi) is 6.08. The Balaban J connectivity index is 1.81. The van der Waals surface area contributed by atoms with Gasteiger partial charge in [0, 0.05) is 19.8 Å². The van der Waals surface area contributed by atoms with Gasteiger partial charge in [0.1, 0.15) is 6.61 Å². The van der Waals surface area contributed by atoms with E-state index in [9.17, 15) is 13.2 Å². The summed E-state index contributed by atoms with van der Waals surface area (Å²) in [5.74, 6) is 0. The number of nitrogens with one attached hydrogen (secondary N) is 1. The quantitative estimate of drug-likeness (QED) is 0.688. The second-order valence-corrected chi connectivity index (χ2v) is 3.86. The fraction of sp³-hybridized carbons (Fsp3) is 1.00. The smallest absolute Gasteiger partial charge is 0.377 e. The highest BCUT2D eigenvalue weighted by atomic mass is 19.4. The van der Waals surface area contributed by atoms with Gasteiger partial charge in [-0.25, -0.2) is 0 Å². The summed E-state index contributed by atoms with van der Waals surface area (Å²) in [7, 11) is 0. The van der Waals surface area contributed by atoms with E-state index in [2.05, 4.69) is 10.1 Å². The molecule has 0 spiro atoms. The van der Waals surface area contributed by atoms with E-state index in [1.807, 2.05) is 0 Å². The summed E-state index contributed by atoms with van der Waals surface area (Å²) < 4.78 is 44.9. The van der Waals surface area contributed by atoms with E-state index in [1.165, 1.54) is 0 Å². The summed E-state index contributed by atoms with van der Waals surface area (Å²) in [4.78, 5) is 0. The number of hydrogen-bond donors (Lipinski definition) is 1. The van der Waals surface area contributed by atoms with Crippen molar-refractivity contribution in [3.8, 4) is 0 Å². The molecule has 0 bridgehead atoms. The molecule has 6 heteroatoms. The molecule has 1 aliphatic rings. The second kappa shape index (κ2) is 7.09. The Morgan fingerprint density at radius 3 is 2.81 bits per heavy atom. The lowest BCUT2D eigenvalue weighted by Crippen LogP contribution is -2.28. The van der Waals surface area contributed by atoms with Gasteiger partial charge < -0.3 is 14.8 Å². The molecule has 1 rings (SSSR count). The highest BCUT2D eigenvalue weighted by Crippen LogP contribution is 2.14. The van der Waals surface area contributed by atoms with E-state index in [0.29, 0.717) is 13.0 Å². The number of alkyl halides is 3. The van der Waals surface area contributed by atoms with Gasteiger partial charge in [0.25, 0.3) is 0 Å². The molecular formula is C10H18F3NO2. The zero-order valence-corrected chi connectivity index (χ0v) is 9.18. The van der Waals surface area contributed by atoms with E-state index < -0.39 is 12.8 Å². The lowest BCUT2D eigenvalue weighted by atomic mass is 10.2. The summed E-state index contributed by atoms with van der Waals surface area (Å²) in [5.41, 5.74) is 0. The number of hydrogen-bond acceptors (Lipinski definition) is 3. The van der Waals surface area contributed by atoms with E-state index in [0.717, 1.165) is 26.0 Å². The van der Waals surface area contributed by atoms with E-state index in [-0.39, 0.29) is 12.7 Å². The molecule has 1 aliphatic heterocycles. The number of rotatable bonds is 7. The van der Waals surface area contributed by atoms with Gasteiger partial charge in [-0.3, -0.25) is 0 Å². The Hall–Kier alpha value is -0.330. The van der Waals surface area contributed by atoms with Crippen LogP contribution in [0.1, 0.15) is 19.3 Å². The molecule has 1 saturated heterocycles. The minimum absolute atomic E-state index is 0.137. The van der Waals surface area contributed by atoms with E-state index >= 15 is 0 Å². The van der Waals surface area contributed by atoms with Crippen LogP contribution in [0.3, 0.4) is 0 Å². The molecule has 16 heavy (non-hydrogen) atoms. The van der Waals surface area contributed by atoms with Crippen LogP contribution < -0.4 is 5.32 Å². The number of ether oxygens (including phenoxy) is 2. The Labute approximate surface area is 93.3 Å². The van der Waals surface area contributed by atoms with E-state index in [4.69, 9.17) is 4.74 Å². The third kappa shape index (κ3) is 7.03. The number of halogens is 3. The average Bonchev–Trinajstić information content (AvgIpc) is 2.67. The van der Waals surface area contributed by atoms with Gasteiger partial charge in [0.2, 0.25) is 0 Å². The molecule has 0 amide bonds. The van der Waals surface area contributed by atoms with Crippen LogP contribution in [0.5, 0.6) is 0 Å². The fourth-order valence-electron chi connectivity index (χ4n) is 1.56. The van der Waals surface area contributed by atoms with Gasteiger partial charge in [-0.2, -0.15) is 13.2 Å². The van der Waals surface area contributed by atoms with Crippen LogP contribution in [0.2, 0.25) is 0 Å². The minimum atomic E-state index is -4.22. The van der Waals surface area contributed by atoms with Crippen molar-refractivity contribution in [1.29, 1.82) is 0 Å². The van der Waals surface area contributed by atoms with Crippen molar-refractivity contribution in [2.75, 3.05) is 32.9 Å². The normalized spacial score (nSPS) is 21.6. The minimum Gasteiger partial charge on any atom is -0.377 e. The first-order chi connectivity index (χ1) is 7.58. The molecule has 0 aromatic rings. The van der Waals surface area contributed by atoms with Crippen LogP contribution in [0.4, 0.5) is 13.2 Å². The predicted molar refractivity (Wildman–Crippen MR) is 53.3 cm³/mol. The fourth-order valence-corrected chi connectivity index (χ4v) is 1.56. The maximum absolute atomic E-state index is 11.7. The van der Waals surface area contributed by atoms with Gasteiger partial charge in [-0.1, -0.05) is 0 Å². The van der Waals surface area contributed by atoms with Crippen molar-refractivity contribution in [3.63, 3.8) is 0 Å². The van der Waals surface area contributed by atoms with Crippen molar-refractivity contribution in [1.82, 2.24) is 5.32 Å². The third-order valence-corrected chi connectivity index (χ3v) is 2.30. The van der Waals surface area contributed by atoms with Gasteiger partial charge >= 0.3 is 6.18 Å².